The van der Waals surface area contributed by atoms with E-state index in [1.54, 1.807) is 4.57 Å². The Morgan fingerprint density at radius 3 is 2.80 bits per heavy atom. The third-order valence-corrected chi connectivity index (χ3v) is 3.28. The lowest BCUT2D eigenvalue weighted by molar-refractivity contribution is 0.748. The maximum absolute atomic E-state index is 12.4. The molecule has 0 saturated carbocycles. The van der Waals surface area contributed by atoms with Crippen LogP contribution in [0.3, 0.4) is 0 Å². The predicted octanol–water partition coefficient (Wildman–Crippen LogP) is 2.49. The van der Waals surface area contributed by atoms with Crippen LogP contribution < -0.4 is 10.9 Å². The standard InChI is InChI=1S/C16H15N3O/c1-17-15-8-4-6-13(18-15)11-19-10-9-12-5-2-3-7-14(12)16(19)20/h2-10H,11H2,1H3,(H,17,18). The zero-order valence-corrected chi connectivity index (χ0v) is 11.2. The van der Waals surface area contributed by atoms with Crippen molar-refractivity contribution in [3.05, 3.63) is 70.8 Å². The number of hydrogen-bond acceptors (Lipinski definition) is 3. The zero-order chi connectivity index (χ0) is 13.9. The van der Waals surface area contributed by atoms with E-state index in [1.165, 1.54) is 0 Å². The van der Waals surface area contributed by atoms with Crippen LogP contribution in [0.2, 0.25) is 0 Å². The molecule has 1 aromatic carbocycles. The van der Waals surface area contributed by atoms with Gasteiger partial charge in [-0.15, -0.1) is 0 Å². The van der Waals surface area contributed by atoms with Crippen molar-refractivity contribution in [2.24, 2.45) is 0 Å². The summed E-state index contributed by atoms with van der Waals surface area (Å²) in [4.78, 5) is 16.8. The first-order valence-corrected chi connectivity index (χ1v) is 6.50. The van der Waals surface area contributed by atoms with Crippen molar-refractivity contribution in [3.8, 4) is 0 Å². The lowest BCUT2D eigenvalue weighted by atomic mass is 10.2. The van der Waals surface area contributed by atoms with Gasteiger partial charge in [0.25, 0.3) is 5.56 Å². The monoisotopic (exact) mass is 265 g/mol. The van der Waals surface area contributed by atoms with E-state index in [9.17, 15) is 4.79 Å². The number of hydrogen-bond donors (Lipinski definition) is 1. The Labute approximate surface area is 116 Å². The minimum absolute atomic E-state index is 0.0137. The molecule has 0 saturated heterocycles. The Balaban J connectivity index is 2.02. The van der Waals surface area contributed by atoms with Gasteiger partial charge >= 0.3 is 0 Å². The summed E-state index contributed by atoms with van der Waals surface area (Å²) in [5.41, 5.74) is 0.869. The molecule has 3 aromatic rings. The summed E-state index contributed by atoms with van der Waals surface area (Å²) >= 11 is 0. The number of nitrogens with zero attached hydrogens (tertiary/aromatic N) is 2. The molecule has 0 atom stereocenters. The average molecular weight is 265 g/mol. The number of aromatic nitrogens is 2. The molecule has 0 fully saturated rings. The molecule has 4 nitrogen and oxygen atoms in total. The Morgan fingerprint density at radius 2 is 1.95 bits per heavy atom. The van der Waals surface area contributed by atoms with Crippen LogP contribution in [0.4, 0.5) is 5.82 Å². The summed E-state index contributed by atoms with van der Waals surface area (Å²) in [5.74, 6) is 0.802. The van der Waals surface area contributed by atoms with E-state index >= 15 is 0 Å². The molecule has 2 heterocycles. The van der Waals surface area contributed by atoms with Gasteiger partial charge in [0.1, 0.15) is 5.82 Å². The molecular formula is C16H15N3O. The summed E-state index contributed by atoms with van der Waals surface area (Å²) in [7, 11) is 1.83. The van der Waals surface area contributed by atoms with Crippen LogP contribution in [0.15, 0.2) is 59.5 Å². The highest BCUT2D eigenvalue weighted by atomic mass is 16.1. The molecule has 0 unspecified atom stereocenters. The average Bonchev–Trinajstić information content (AvgIpc) is 2.50. The van der Waals surface area contributed by atoms with Gasteiger partial charge in [-0.25, -0.2) is 4.98 Å². The minimum atomic E-state index is 0.0137. The van der Waals surface area contributed by atoms with Crippen molar-refractivity contribution in [3.63, 3.8) is 0 Å². The van der Waals surface area contributed by atoms with Gasteiger partial charge in [0.2, 0.25) is 0 Å². The van der Waals surface area contributed by atoms with Gasteiger partial charge < -0.3 is 9.88 Å². The van der Waals surface area contributed by atoms with Crippen LogP contribution in [-0.2, 0) is 6.54 Å². The molecule has 0 spiro atoms. The zero-order valence-electron chi connectivity index (χ0n) is 11.2. The number of pyridine rings is 2. The molecule has 20 heavy (non-hydrogen) atoms. The van der Waals surface area contributed by atoms with Gasteiger partial charge in [0, 0.05) is 18.6 Å². The fraction of sp³-hybridized carbons (Fsp3) is 0.125. The highest BCUT2D eigenvalue weighted by Gasteiger charge is 2.04. The lowest BCUT2D eigenvalue weighted by Gasteiger charge is -2.08. The summed E-state index contributed by atoms with van der Waals surface area (Å²) in [6.45, 7) is 0.471. The smallest absolute Gasteiger partial charge is 0.258 e. The number of fused-ring (bicyclic) bond motifs is 1. The quantitative estimate of drug-likeness (QED) is 0.791. The van der Waals surface area contributed by atoms with Crippen LogP contribution in [-0.4, -0.2) is 16.6 Å². The van der Waals surface area contributed by atoms with Crippen molar-refractivity contribution in [1.82, 2.24) is 9.55 Å². The maximum Gasteiger partial charge on any atom is 0.258 e. The molecule has 0 aliphatic rings. The third kappa shape index (κ3) is 2.28. The fourth-order valence-electron chi connectivity index (χ4n) is 2.24. The van der Waals surface area contributed by atoms with E-state index in [4.69, 9.17) is 0 Å². The van der Waals surface area contributed by atoms with E-state index in [0.29, 0.717) is 6.54 Å². The molecule has 0 bridgehead atoms. The summed E-state index contributed by atoms with van der Waals surface area (Å²) < 4.78 is 1.68. The van der Waals surface area contributed by atoms with E-state index in [-0.39, 0.29) is 5.56 Å². The van der Waals surface area contributed by atoms with Crippen LogP contribution in [0.5, 0.6) is 0 Å². The highest BCUT2D eigenvalue weighted by molar-refractivity contribution is 5.81. The van der Waals surface area contributed by atoms with Gasteiger partial charge in [-0.05, 0) is 29.7 Å². The van der Waals surface area contributed by atoms with Crippen LogP contribution in [0.1, 0.15) is 5.69 Å². The molecule has 100 valence electrons. The lowest BCUT2D eigenvalue weighted by Crippen LogP contribution is -2.20. The fourth-order valence-corrected chi connectivity index (χ4v) is 2.24. The molecule has 2 aromatic heterocycles. The van der Waals surface area contributed by atoms with E-state index in [2.05, 4.69) is 10.3 Å². The second-order valence-corrected chi connectivity index (χ2v) is 4.60. The number of benzene rings is 1. The SMILES string of the molecule is CNc1cccc(Cn2ccc3ccccc3c2=O)n1. The third-order valence-electron chi connectivity index (χ3n) is 3.28. The second-order valence-electron chi connectivity index (χ2n) is 4.60. The summed E-state index contributed by atoms with van der Waals surface area (Å²) in [6, 6.07) is 15.3. The van der Waals surface area contributed by atoms with Crippen LogP contribution in [0.25, 0.3) is 10.8 Å². The molecule has 4 heteroatoms. The number of anilines is 1. The van der Waals surface area contributed by atoms with Crippen molar-refractivity contribution >= 4 is 16.6 Å². The van der Waals surface area contributed by atoms with Gasteiger partial charge in [0.05, 0.1) is 12.2 Å². The minimum Gasteiger partial charge on any atom is -0.373 e. The van der Waals surface area contributed by atoms with Crippen LogP contribution in [0, 0.1) is 0 Å². The molecule has 0 amide bonds. The van der Waals surface area contributed by atoms with Gasteiger partial charge in [-0.1, -0.05) is 24.3 Å². The first-order chi connectivity index (χ1) is 9.78. The van der Waals surface area contributed by atoms with Crippen LogP contribution >= 0.6 is 0 Å². The van der Waals surface area contributed by atoms with Crippen molar-refractivity contribution in [2.75, 3.05) is 12.4 Å². The predicted molar refractivity (Wildman–Crippen MR) is 81.1 cm³/mol. The van der Waals surface area contributed by atoms with Crippen molar-refractivity contribution in [2.45, 2.75) is 6.54 Å². The Bertz CT molecular complexity index is 808. The Hall–Kier alpha value is -2.62. The Kier molecular flexibility index (Phi) is 3.21. The topological polar surface area (TPSA) is 46.9 Å². The normalized spacial score (nSPS) is 10.7. The van der Waals surface area contributed by atoms with E-state index in [0.717, 1.165) is 22.3 Å². The maximum atomic E-state index is 12.4. The first kappa shape index (κ1) is 12.4. The highest BCUT2D eigenvalue weighted by Crippen LogP contribution is 2.09. The molecule has 1 N–H and O–H groups in total. The summed E-state index contributed by atoms with van der Waals surface area (Å²) in [6.07, 6.45) is 1.82. The first-order valence-electron chi connectivity index (χ1n) is 6.50. The van der Waals surface area contributed by atoms with Gasteiger partial charge in [-0.2, -0.15) is 0 Å². The number of nitrogens with one attached hydrogen (secondary N) is 1. The van der Waals surface area contributed by atoms with Crippen molar-refractivity contribution < 1.29 is 0 Å². The van der Waals surface area contributed by atoms with Gasteiger partial charge in [0.15, 0.2) is 0 Å². The molecule has 0 aliphatic carbocycles. The molecule has 3 rings (SSSR count). The summed E-state index contributed by atoms with van der Waals surface area (Å²) in [5, 5.41) is 4.70. The molecule has 0 radical (unpaired) electrons. The van der Waals surface area contributed by atoms with Crippen molar-refractivity contribution in [1.29, 1.82) is 0 Å². The van der Waals surface area contributed by atoms with Gasteiger partial charge in [-0.3, -0.25) is 4.79 Å². The molecule has 0 aliphatic heterocycles. The van der Waals surface area contributed by atoms with E-state index < -0.39 is 0 Å². The molecular weight excluding hydrogens is 250 g/mol. The number of rotatable bonds is 3. The Morgan fingerprint density at radius 1 is 1.10 bits per heavy atom. The van der Waals surface area contributed by atoms with E-state index in [1.807, 2.05) is 61.8 Å². The second kappa shape index (κ2) is 5.17. The largest absolute Gasteiger partial charge is 0.373 e.